The number of nitrogens with one attached hydrogen (secondary N) is 1. The Hall–Kier alpha value is -3.64. The molecule has 0 aliphatic rings. The maximum atomic E-state index is 12.2. The molecular weight excluding hydrogens is 366 g/mol. The maximum Gasteiger partial charge on any atom is 0.274 e. The molecule has 0 aliphatic heterocycles. The largest absolute Gasteiger partial charge is 0.487 e. The molecule has 0 unspecified atom stereocenters. The first-order chi connectivity index (χ1) is 14.2. The number of aromatic nitrogens is 2. The van der Waals surface area contributed by atoms with Gasteiger partial charge < -0.3 is 9.14 Å². The molecule has 4 rings (SSSR count). The van der Waals surface area contributed by atoms with Gasteiger partial charge >= 0.3 is 0 Å². The molecule has 0 radical (unpaired) electrons. The fourth-order valence-corrected chi connectivity index (χ4v) is 2.90. The summed E-state index contributed by atoms with van der Waals surface area (Å²) in [7, 11) is 0. The van der Waals surface area contributed by atoms with Crippen LogP contribution in [0, 0.1) is 6.92 Å². The Morgan fingerprint density at radius 2 is 1.76 bits per heavy atom. The molecule has 146 valence electrons. The van der Waals surface area contributed by atoms with E-state index in [0.717, 1.165) is 16.9 Å². The van der Waals surface area contributed by atoms with Crippen molar-refractivity contribution in [3.63, 3.8) is 0 Å². The summed E-state index contributed by atoms with van der Waals surface area (Å²) in [6.45, 7) is 2.71. The highest BCUT2D eigenvalue weighted by Gasteiger charge is 2.07. The molecule has 4 aromatic rings. The van der Waals surface area contributed by atoms with Gasteiger partial charge in [0.2, 0.25) is 0 Å². The summed E-state index contributed by atoms with van der Waals surface area (Å²) in [4.78, 5) is 22.0. The minimum absolute atomic E-state index is 0.303. The van der Waals surface area contributed by atoms with E-state index in [1.54, 1.807) is 24.3 Å². The van der Waals surface area contributed by atoms with Crippen LogP contribution in [0.2, 0.25) is 0 Å². The number of hydrogen-bond donors (Lipinski definition) is 1. The van der Waals surface area contributed by atoms with Crippen LogP contribution in [0.5, 0.6) is 5.75 Å². The van der Waals surface area contributed by atoms with Crippen LogP contribution >= 0.6 is 0 Å². The van der Waals surface area contributed by atoms with E-state index in [2.05, 4.69) is 10.5 Å². The quantitative estimate of drug-likeness (QED) is 0.485. The van der Waals surface area contributed by atoms with Gasteiger partial charge in [0.05, 0.1) is 12.3 Å². The summed E-state index contributed by atoms with van der Waals surface area (Å²) in [6.07, 6.45) is 3.98. The number of imidazole rings is 1. The van der Waals surface area contributed by atoms with Gasteiger partial charge in [-0.25, -0.2) is 10.5 Å². The number of aryl methyl sites for hydroxylation is 1. The van der Waals surface area contributed by atoms with Crippen molar-refractivity contribution in [1.82, 2.24) is 14.9 Å². The molecule has 0 aliphatic carbocycles. The number of amides is 1. The van der Waals surface area contributed by atoms with Crippen LogP contribution < -0.4 is 10.2 Å². The molecule has 2 aromatic carbocycles. The van der Waals surface area contributed by atoms with Crippen LogP contribution in [-0.4, -0.2) is 15.3 Å². The number of rotatable bonds is 7. The minimum Gasteiger partial charge on any atom is -0.487 e. The fraction of sp³-hybridized carbons (Fsp3) is 0.130. The molecule has 2 aromatic heterocycles. The van der Waals surface area contributed by atoms with Crippen molar-refractivity contribution in [1.29, 1.82) is 0 Å². The average molecular weight is 387 g/mol. The van der Waals surface area contributed by atoms with Crippen molar-refractivity contribution < 1.29 is 14.4 Å². The predicted octanol–water partition coefficient (Wildman–Crippen LogP) is 4.08. The predicted molar refractivity (Wildman–Crippen MR) is 109 cm³/mol. The number of nitrogens with zero attached hydrogens (tertiary/aromatic N) is 2. The van der Waals surface area contributed by atoms with Crippen molar-refractivity contribution in [2.45, 2.75) is 20.1 Å². The average Bonchev–Trinajstić information content (AvgIpc) is 3.15. The molecule has 0 atom stereocenters. The maximum absolute atomic E-state index is 12.2. The van der Waals surface area contributed by atoms with Crippen molar-refractivity contribution in [2.75, 3.05) is 0 Å². The van der Waals surface area contributed by atoms with Gasteiger partial charge in [-0.2, -0.15) is 0 Å². The second-order valence-electron chi connectivity index (χ2n) is 6.72. The van der Waals surface area contributed by atoms with E-state index in [0.29, 0.717) is 24.5 Å². The van der Waals surface area contributed by atoms with Gasteiger partial charge in [-0.05, 0) is 48.4 Å². The third-order valence-corrected chi connectivity index (χ3v) is 4.40. The molecule has 2 heterocycles. The van der Waals surface area contributed by atoms with Gasteiger partial charge in [-0.15, -0.1) is 0 Å². The minimum atomic E-state index is -0.303. The number of carbonyl (C=O) groups is 1. The Bertz CT molecular complexity index is 1110. The third-order valence-electron chi connectivity index (χ3n) is 4.40. The molecule has 0 bridgehead atoms. The van der Waals surface area contributed by atoms with Gasteiger partial charge in [0.1, 0.15) is 18.0 Å². The summed E-state index contributed by atoms with van der Waals surface area (Å²) in [5, 5.41) is 0. The van der Waals surface area contributed by atoms with E-state index < -0.39 is 0 Å². The molecule has 0 fully saturated rings. The molecule has 0 spiro atoms. The zero-order valence-corrected chi connectivity index (χ0v) is 16.0. The van der Waals surface area contributed by atoms with E-state index in [-0.39, 0.29) is 5.91 Å². The Labute approximate surface area is 168 Å². The first-order valence-corrected chi connectivity index (χ1v) is 9.30. The first kappa shape index (κ1) is 18.7. The summed E-state index contributed by atoms with van der Waals surface area (Å²) >= 11 is 0. The Morgan fingerprint density at radius 1 is 0.966 bits per heavy atom. The molecule has 1 amide bonds. The standard InChI is InChI=1S/C23H21N3O3/c1-17-7-12-22-24-20(14-26(22)13-17)16-28-21-10-8-19(9-11-21)23(27)25-29-15-18-5-3-2-4-6-18/h2-14H,15-16H2,1H3,(H,25,27). The highest BCUT2D eigenvalue weighted by atomic mass is 16.6. The zero-order chi connectivity index (χ0) is 20.1. The monoisotopic (exact) mass is 387 g/mol. The highest BCUT2D eigenvalue weighted by Crippen LogP contribution is 2.15. The van der Waals surface area contributed by atoms with Crippen LogP contribution in [0.4, 0.5) is 0 Å². The van der Waals surface area contributed by atoms with Crippen LogP contribution in [0.25, 0.3) is 5.65 Å². The highest BCUT2D eigenvalue weighted by molar-refractivity contribution is 5.93. The number of fused-ring (bicyclic) bond motifs is 1. The van der Waals surface area contributed by atoms with Gasteiger partial charge in [0.15, 0.2) is 0 Å². The molecule has 6 heteroatoms. The second kappa shape index (κ2) is 8.58. The summed E-state index contributed by atoms with van der Waals surface area (Å²) in [5.41, 5.74) is 6.83. The van der Waals surface area contributed by atoms with Crippen molar-refractivity contribution in [3.05, 3.63) is 102 Å². The molecule has 29 heavy (non-hydrogen) atoms. The van der Waals surface area contributed by atoms with E-state index in [1.807, 2.05) is 66.2 Å². The molecule has 6 nitrogen and oxygen atoms in total. The van der Waals surface area contributed by atoms with E-state index in [9.17, 15) is 4.79 Å². The van der Waals surface area contributed by atoms with E-state index in [4.69, 9.17) is 9.57 Å². The van der Waals surface area contributed by atoms with E-state index in [1.165, 1.54) is 5.56 Å². The molecule has 0 saturated carbocycles. The van der Waals surface area contributed by atoms with Crippen LogP contribution in [0.15, 0.2) is 79.1 Å². The summed E-state index contributed by atoms with van der Waals surface area (Å²) in [6, 6.07) is 20.6. The summed E-state index contributed by atoms with van der Waals surface area (Å²) < 4.78 is 7.77. The number of carbonyl (C=O) groups excluding carboxylic acids is 1. The lowest BCUT2D eigenvalue weighted by molar-refractivity contribution is 0.0233. The van der Waals surface area contributed by atoms with Crippen molar-refractivity contribution >= 4 is 11.6 Å². The second-order valence-corrected chi connectivity index (χ2v) is 6.72. The number of ether oxygens (including phenoxy) is 1. The van der Waals surface area contributed by atoms with E-state index >= 15 is 0 Å². The normalized spacial score (nSPS) is 10.8. The Balaban J connectivity index is 1.29. The van der Waals surface area contributed by atoms with Crippen molar-refractivity contribution in [2.24, 2.45) is 0 Å². The van der Waals surface area contributed by atoms with Crippen LogP contribution in [0.1, 0.15) is 27.2 Å². The lowest BCUT2D eigenvalue weighted by atomic mass is 10.2. The van der Waals surface area contributed by atoms with Crippen LogP contribution in [-0.2, 0) is 18.1 Å². The van der Waals surface area contributed by atoms with Gasteiger partial charge in [0.25, 0.3) is 5.91 Å². The Morgan fingerprint density at radius 3 is 2.55 bits per heavy atom. The molecule has 1 N–H and O–H groups in total. The van der Waals surface area contributed by atoms with Gasteiger partial charge in [-0.3, -0.25) is 9.63 Å². The first-order valence-electron chi connectivity index (χ1n) is 9.30. The number of pyridine rings is 1. The molecular formula is C23H21N3O3. The zero-order valence-electron chi connectivity index (χ0n) is 16.0. The number of hydrogen-bond acceptors (Lipinski definition) is 4. The van der Waals surface area contributed by atoms with Gasteiger partial charge in [-0.1, -0.05) is 36.4 Å². The summed E-state index contributed by atoms with van der Waals surface area (Å²) in [5.74, 6) is 0.364. The topological polar surface area (TPSA) is 64.9 Å². The smallest absolute Gasteiger partial charge is 0.274 e. The fourth-order valence-electron chi connectivity index (χ4n) is 2.90. The van der Waals surface area contributed by atoms with Crippen LogP contribution in [0.3, 0.4) is 0 Å². The lowest BCUT2D eigenvalue weighted by Crippen LogP contribution is -2.23. The van der Waals surface area contributed by atoms with Crippen molar-refractivity contribution in [3.8, 4) is 5.75 Å². The SMILES string of the molecule is Cc1ccc2nc(COc3ccc(C(=O)NOCc4ccccc4)cc3)cn2c1. The third kappa shape index (κ3) is 4.80. The number of hydroxylamine groups is 1. The Kier molecular flexibility index (Phi) is 5.54. The number of benzene rings is 2. The van der Waals surface area contributed by atoms with Gasteiger partial charge in [0, 0.05) is 18.0 Å². The molecule has 0 saturated heterocycles. The lowest BCUT2D eigenvalue weighted by Gasteiger charge is -2.07.